The van der Waals surface area contributed by atoms with Crippen LogP contribution in [0.25, 0.3) is 11.2 Å². The van der Waals surface area contributed by atoms with Crippen molar-refractivity contribution in [3.8, 4) is 0 Å². The molecule has 0 spiro atoms. The molecule has 2 heterocycles. The van der Waals surface area contributed by atoms with E-state index in [1.54, 1.807) is 24.4 Å². The Hall–Kier alpha value is -3.31. The van der Waals surface area contributed by atoms with E-state index in [1.165, 1.54) is 6.07 Å². The van der Waals surface area contributed by atoms with Crippen LogP contribution in [0.4, 0.5) is 22.0 Å². The minimum Gasteiger partial charge on any atom is -0.393 e. The lowest BCUT2D eigenvalue weighted by molar-refractivity contribution is -0.135. The first-order chi connectivity index (χ1) is 19.8. The van der Waals surface area contributed by atoms with Gasteiger partial charge in [0.15, 0.2) is 5.65 Å². The van der Waals surface area contributed by atoms with Crippen LogP contribution in [0.3, 0.4) is 0 Å². The Kier molecular flexibility index (Phi) is 9.34. The van der Waals surface area contributed by atoms with Crippen LogP contribution in [0.1, 0.15) is 64.3 Å². The summed E-state index contributed by atoms with van der Waals surface area (Å²) >= 11 is 0. The molecule has 1 amide bonds. The van der Waals surface area contributed by atoms with Crippen LogP contribution in [0, 0.1) is 11.7 Å². The van der Waals surface area contributed by atoms with Gasteiger partial charge in [-0.1, -0.05) is 19.1 Å². The van der Waals surface area contributed by atoms with Gasteiger partial charge in [0.2, 0.25) is 17.8 Å². The van der Waals surface area contributed by atoms with Crippen molar-refractivity contribution in [2.75, 3.05) is 44.4 Å². The highest BCUT2D eigenvalue weighted by Crippen LogP contribution is 2.38. The van der Waals surface area contributed by atoms with Crippen molar-refractivity contribution in [2.45, 2.75) is 76.5 Å². The summed E-state index contributed by atoms with van der Waals surface area (Å²) in [5.41, 5.74) is 1.66. The smallest absolute Gasteiger partial charge is 0.225 e. The Morgan fingerprint density at radius 1 is 1.05 bits per heavy atom. The number of carbonyl (C=O) groups excluding carboxylic acids is 1. The number of anilines is 3. The van der Waals surface area contributed by atoms with Crippen LogP contribution in [0.2, 0.25) is 0 Å². The number of imidazole rings is 1. The molecule has 2 aliphatic carbocycles. The van der Waals surface area contributed by atoms with E-state index in [2.05, 4.69) is 39.1 Å². The number of nitrogens with one attached hydrogen (secondary N) is 2. The van der Waals surface area contributed by atoms with Gasteiger partial charge >= 0.3 is 0 Å². The highest BCUT2D eigenvalue weighted by atomic mass is 19.1. The number of fused-ring (bicyclic) bond motifs is 1. The first-order valence-electron chi connectivity index (χ1n) is 15.0. The number of benzene rings is 1. The number of hydrogen-bond donors (Lipinski definition) is 3. The number of carbonyl (C=O) groups is 1. The molecule has 0 saturated heterocycles. The van der Waals surface area contributed by atoms with E-state index in [-0.39, 0.29) is 35.8 Å². The monoisotopic (exact) mass is 566 g/mol. The molecule has 3 N–H and O–H groups in total. The van der Waals surface area contributed by atoms with Crippen molar-refractivity contribution in [3.05, 3.63) is 36.3 Å². The first-order valence-corrected chi connectivity index (χ1v) is 15.0. The van der Waals surface area contributed by atoms with Crippen molar-refractivity contribution >= 4 is 34.7 Å². The first kappa shape index (κ1) is 29.2. The molecule has 0 unspecified atom stereocenters. The Balaban J connectivity index is 1.36. The van der Waals surface area contributed by atoms with E-state index < -0.39 is 0 Å². The van der Waals surface area contributed by atoms with Gasteiger partial charge in [-0.25, -0.2) is 14.4 Å². The highest BCUT2D eigenvalue weighted by Gasteiger charge is 2.32. The summed E-state index contributed by atoms with van der Waals surface area (Å²) in [6.45, 7) is 4.65. The van der Waals surface area contributed by atoms with Crippen molar-refractivity contribution in [2.24, 2.45) is 5.92 Å². The fourth-order valence-corrected chi connectivity index (χ4v) is 5.96. The zero-order chi connectivity index (χ0) is 28.9. The average molecular weight is 567 g/mol. The van der Waals surface area contributed by atoms with Crippen molar-refractivity contribution in [1.29, 1.82) is 0 Å². The maximum atomic E-state index is 14.6. The lowest BCUT2D eigenvalue weighted by atomic mass is 9.85. The Morgan fingerprint density at radius 3 is 2.49 bits per heavy atom. The van der Waals surface area contributed by atoms with Gasteiger partial charge in [-0.3, -0.25) is 9.36 Å². The molecular weight excluding hydrogens is 523 g/mol. The van der Waals surface area contributed by atoms with Crippen LogP contribution in [0.15, 0.2) is 30.5 Å². The Morgan fingerprint density at radius 2 is 1.78 bits per heavy atom. The fourth-order valence-electron chi connectivity index (χ4n) is 5.96. The summed E-state index contributed by atoms with van der Waals surface area (Å²) in [4.78, 5) is 31.4. The van der Waals surface area contributed by atoms with E-state index in [0.29, 0.717) is 28.7 Å². The zero-order valence-electron chi connectivity index (χ0n) is 24.4. The third-order valence-corrected chi connectivity index (χ3v) is 8.73. The van der Waals surface area contributed by atoms with Gasteiger partial charge in [-0.15, -0.1) is 0 Å². The predicted molar refractivity (Wildman–Crippen MR) is 159 cm³/mol. The Bertz CT molecular complexity index is 1320. The normalized spacial score (nSPS) is 23.1. The summed E-state index contributed by atoms with van der Waals surface area (Å²) in [5.74, 6) is 0.894. The summed E-state index contributed by atoms with van der Waals surface area (Å²) in [6.07, 6.45) is 7.88. The quantitative estimate of drug-likeness (QED) is 0.327. The Labute approximate surface area is 241 Å². The molecular formula is C30H43FN8O2. The van der Waals surface area contributed by atoms with Crippen LogP contribution in [0.5, 0.6) is 0 Å². The van der Waals surface area contributed by atoms with Gasteiger partial charge in [-0.2, -0.15) is 4.98 Å². The zero-order valence-corrected chi connectivity index (χ0v) is 24.4. The number of aliphatic hydroxyl groups is 1. The van der Waals surface area contributed by atoms with Crippen LogP contribution in [-0.4, -0.2) is 86.2 Å². The second-order valence-electron chi connectivity index (χ2n) is 11.6. The van der Waals surface area contributed by atoms with E-state index >= 15 is 0 Å². The highest BCUT2D eigenvalue weighted by molar-refractivity contribution is 5.79. The number of hydrogen-bond acceptors (Lipinski definition) is 8. The molecule has 0 bridgehead atoms. The number of aromatic nitrogens is 4. The van der Waals surface area contributed by atoms with Gasteiger partial charge < -0.3 is 25.5 Å². The summed E-state index contributed by atoms with van der Waals surface area (Å²) < 4.78 is 16.7. The van der Waals surface area contributed by atoms with Gasteiger partial charge in [0.1, 0.15) is 11.3 Å². The summed E-state index contributed by atoms with van der Waals surface area (Å²) in [7, 11) is 3.96. The third-order valence-electron chi connectivity index (χ3n) is 8.73. The van der Waals surface area contributed by atoms with Crippen LogP contribution >= 0.6 is 0 Å². The number of likely N-dealkylation sites (N-methyl/N-ethyl adjacent to an activating group) is 2. The van der Waals surface area contributed by atoms with Gasteiger partial charge in [-0.05, 0) is 77.1 Å². The number of aliphatic hydroxyl groups excluding tert-OH is 1. The molecule has 1 aromatic carbocycles. The minimum absolute atomic E-state index is 0.00514. The maximum absolute atomic E-state index is 14.6. The van der Waals surface area contributed by atoms with E-state index in [0.717, 1.165) is 71.0 Å². The maximum Gasteiger partial charge on any atom is 0.225 e. The molecule has 2 aromatic heterocycles. The molecule has 0 atom stereocenters. The minimum atomic E-state index is -0.356. The number of nitrogens with zero attached hydrogens (tertiary/aromatic N) is 6. The molecule has 3 aromatic rings. The summed E-state index contributed by atoms with van der Waals surface area (Å²) in [6, 6.07) is 6.82. The molecule has 11 heteroatoms. The van der Waals surface area contributed by atoms with E-state index in [1.807, 2.05) is 11.9 Å². The number of para-hydroxylation sites is 1. The van der Waals surface area contributed by atoms with Gasteiger partial charge in [0.25, 0.3) is 0 Å². The van der Waals surface area contributed by atoms with Crippen molar-refractivity contribution in [3.63, 3.8) is 0 Å². The van der Waals surface area contributed by atoms with Crippen LogP contribution < -0.4 is 10.6 Å². The number of rotatable bonds is 10. The molecule has 222 valence electrons. The lowest BCUT2D eigenvalue weighted by Gasteiger charge is -2.32. The van der Waals surface area contributed by atoms with Crippen molar-refractivity contribution < 1.29 is 14.3 Å². The molecule has 0 radical (unpaired) electrons. The largest absolute Gasteiger partial charge is 0.393 e. The lowest BCUT2D eigenvalue weighted by Crippen LogP contribution is -2.39. The average Bonchev–Trinajstić information content (AvgIpc) is 3.34. The SMILES string of the molecule is CCN(C)CCN(C)C(=O)[C@H]1CC[C@@H](n2c(Nc3ccccc3F)nc3cnc(N[C@H]4CC[C@H](O)CC4)nc32)CC1. The van der Waals surface area contributed by atoms with Gasteiger partial charge in [0.05, 0.1) is 18.0 Å². The van der Waals surface area contributed by atoms with E-state index in [4.69, 9.17) is 9.97 Å². The molecule has 2 fully saturated rings. The third kappa shape index (κ3) is 6.95. The van der Waals surface area contributed by atoms with Crippen LogP contribution in [-0.2, 0) is 4.79 Å². The van der Waals surface area contributed by atoms with E-state index in [9.17, 15) is 14.3 Å². The summed E-state index contributed by atoms with van der Waals surface area (Å²) in [5, 5.41) is 16.5. The standard InChI is InChI=1S/C30H43FN8O2/c1-4-37(2)17-18-38(3)28(41)20-9-13-22(14-10-20)39-27-26(35-30(39)34-25-8-6-5-7-24(25)31)19-32-29(36-27)33-21-11-15-23(40)16-12-21/h5-8,19-23,40H,4,9-18H2,1-3H3,(H,34,35)(H,32,33,36)/t20-,21-,22+,23-. The fraction of sp³-hybridized carbons (Fsp3) is 0.600. The van der Waals surface area contributed by atoms with Crippen molar-refractivity contribution in [1.82, 2.24) is 29.3 Å². The molecule has 0 aliphatic heterocycles. The topological polar surface area (TPSA) is 111 Å². The molecule has 5 rings (SSSR count). The second kappa shape index (κ2) is 13.1. The molecule has 10 nitrogen and oxygen atoms in total. The number of halogens is 1. The second-order valence-corrected chi connectivity index (χ2v) is 11.6. The number of amides is 1. The molecule has 2 aliphatic rings. The molecule has 41 heavy (non-hydrogen) atoms. The molecule has 2 saturated carbocycles. The van der Waals surface area contributed by atoms with Gasteiger partial charge in [0, 0.05) is 38.1 Å². The predicted octanol–water partition coefficient (Wildman–Crippen LogP) is 4.57.